The van der Waals surface area contributed by atoms with Crippen molar-refractivity contribution in [2.75, 3.05) is 6.61 Å². The lowest BCUT2D eigenvalue weighted by atomic mass is 9.89. The third kappa shape index (κ3) is 2.10. The molecule has 0 aliphatic carbocycles. The predicted molar refractivity (Wildman–Crippen MR) is 75.1 cm³/mol. The van der Waals surface area contributed by atoms with Crippen LogP contribution in [0, 0.1) is 18.3 Å². The van der Waals surface area contributed by atoms with Gasteiger partial charge < -0.3 is 25.6 Å². The number of rotatable bonds is 3. The van der Waals surface area contributed by atoms with Gasteiger partial charge in [0.1, 0.15) is 24.0 Å². The molecule has 4 N–H and O–H groups in total. The second kappa shape index (κ2) is 5.29. The van der Waals surface area contributed by atoms with Crippen molar-refractivity contribution in [3.63, 3.8) is 0 Å². The Labute approximate surface area is 118 Å². The first-order valence-corrected chi connectivity index (χ1v) is 6.43. The van der Waals surface area contributed by atoms with Gasteiger partial charge in [0.05, 0.1) is 6.61 Å². The van der Waals surface area contributed by atoms with E-state index in [1.54, 1.807) is 17.2 Å². The summed E-state index contributed by atoms with van der Waals surface area (Å²) in [6, 6.07) is 0. The minimum Gasteiger partial charge on any atom is -0.392 e. The number of ether oxygens (including phenoxy) is 1. The number of nitrogens with two attached hydrogens (primary N) is 1. The van der Waals surface area contributed by atoms with E-state index < -0.39 is 24.5 Å². The van der Waals surface area contributed by atoms with Gasteiger partial charge in [-0.1, -0.05) is 19.4 Å². The zero-order valence-corrected chi connectivity index (χ0v) is 11.4. The molecule has 0 saturated carbocycles. The van der Waals surface area contributed by atoms with Crippen LogP contribution in [0.4, 0.5) is 0 Å². The summed E-state index contributed by atoms with van der Waals surface area (Å²) in [7, 11) is 0. The minimum atomic E-state index is -1.40. The number of aliphatic imine (C=N–C) groups is 1. The monoisotopic (exact) mass is 277 g/mol. The van der Waals surface area contributed by atoms with Gasteiger partial charge in [-0.05, 0) is 12.5 Å². The van der Waals surface area contributed by atoms with Crippen LogP contribution in [0.3, 0.4) is 0 Å². The largest absolute Gasteiger partial charge is 0.392 e. The van der Waals surface area contributed by atoms with Crippen molar-refractivity contribution < 1.29 is 14.9 Å². The molecular formula is C14H19N3O3. The molecule has 2 rings (SSSR count). The Morgan fingerprint density at radius 1 is 1.70 bits per heavy atom. The number of hydrogen-bond acceptors (Lipinski definition) is 6. The highest BCUT2D eigenvalue weighted by Crippen LogP contribution is 2.40. The molecule has 108 valence electrons. The van der Waals surface area contributed by atoms with Crippen molar-refractivity contribution in [1.82, 2.24) is 4.90 Å². The second-order valence-corrected chi connectivity index (χ2v) is 4.89. The van der Waals surface area contributed by atoms with Crippen LogP contribution >= 0.6 is 0 Å². The number of aliphatic hydroxyl groups is 2. The summed E-state index contributed by atoms with van der Waals surface area (Å²) in [6.45, 7) is 5.28. The molecule has 0 aromatic rings. The van der Waals surface area contributed by atoms with E-state index in [1.165, 1.54) is 0 Å². The fourth-order valence-electron chi connectivity index (χ4n) is 2.58. The highest BCUT2D eigenvalue weighted by Gasteiger charge is 2.54. The van der Waals surface area contributed by atoms with E-state index in [1.807, 2.05) is 6.92 Å². The average molecular weight is 277 g/mol. The van der Waals surface area contributed by atoms with E-state index >= 15 is 0 Å². The lowest BCUT2D eigenvalue weighted by Gasteiger charge is -2.32. The van der Waals surface area contributed by atoms with E-state index in [0.29, 0.717) is 18.1 Å². The van der Waals surface area contributed by atoms with Crippen molar-refractivity contribution in [2.24, 2.45) is 16.6 Å². The first-order valence-electron chi connectivity index (χ1n) is 6.43. The molecule has 0 aromatic carbocycles. The van der Waals surface area contributed by atoms with Crippen LogP contribution in [0.15, 0.2) is 29.7 Å². The van der Waals surface area contributed by atoms with E-state index in [2.05, 4.69) is 17.5 Å². The highest BCUT2D eigenvalue weighted by atomic mass is 16.6. The molecule has 20 heavy (non-hydrogen) atoms. The Bertz CT molecular complexity index is 508. The molecule has 4 atom stereocenters. The molecule has 2 aliphatic rings. The fraction of sp³-hybridized carbons (Fsp3) is 0.500. The molecule has 6 heteroatoms. The van der Waals surface area contributed by atoms with Crippen molar-refractivity contribution in [1.29, 1.82) is 0 Å². The summed E-state index contributed by atoms with van der Waals surface area (Å²) >= 11 is 0. The third-order valence-electron chi connectivity index (χ3n) is 3.77. The van der Waals surface area contributed by atoms with E-state index in [-0.39, 0.29) is 5.92 Å². The molecule has 0 unspecified atom stereocenters. The van der Waals surface area contributed by atoms with Crippen LogP contribution in [-0.4, -0.2) is 45.5 Å². The van der Waals surface area contributed by atoms with Crippen molar-refractivity contribution in [2.45, 2.75) is 31.3 Å². The molecule has 6 nitrogen and oxygen atoms in total. The van der Waals surface area contributed by atoms with Gasteiger partial charge >= 0.3 is 0 Å². The Morgan fingerprint density at radius 3 is 2.90 bits per heavy atom. The topological polar surface area (TPSA) is 91.3 Å². The summed E-state index contributed by atoms with van der Waals surface area (Å²) in [5.74, 6) is 2.86. The molecule has 1 fully saturated rings. The van der Waals surface area contributed by atoms with Gasteiger partial charge in [0, 0.05) is 12.1 Å². The van der Waals surface area contributed by atoms with Crippen LogP contribution < -0.4 is 5.73 Å². The summed E-state index contributed by atoms with van der Waals surface area (Å²) in [5, 5.41) is 19.9. The molecule has 2 heterocycles. The number of aliphatic hydroxyl groups excluding tert-OH is 2. The highest BCUT2D eigenvalue weighted by molar-refractivity contribution is 5.92. The Hall–Kier alpha value is -1.81. The van der Waals surface area contributed by atoms with Gasteiger partial charge in [0.25, 0.3) is 0 Å². The summed E-state index contributed by atoms with van der Waals surface area (Å²) < 4.78 is 5.78. The van der Waals surface area contributed by atoms with E-state index in [0.717, 1.165) is 0 Å². The fourth-order valence-corrected chi connectivity index (χ4v) is 2.58. The standard InChI is InChI=1S/C14H19N3O3/c1-4-10-12(19)14(5-2,8-18)20-13(10)17-7-6-11(15)16-9(17)3/h2,6-7,10,12-13,18-19H,3-4,8H2,1H3,(H2,15,16)/t10-,12-,13+,14+/m0/s1. The minimum absolute atomic E-state index is 0.269. The quantitative estimate of drug-likeness (QED) is 0.619. The smallest absolute Gasteiger partial charge is 0.179 e. The van der Waals surface area contributed by atoms with Gasteiger partial charge in [-0.25, -0.2) is 4.99 Å². The Balaban J connectivity index is 2.31. The summed E-state index contributed by atoms with van der Waals surface area (Å²) in [4.78, 5) is 5.73. The van der Waals surface area contributed by atoms with Gasteiger partial charge in [0.2, 0.25) is 0 Å². The van der Waals surface area contributed by atoms with Crippen LogP contribution in [0.5, 0.6) is 0 Å². The normalized spacial score (nSPS) is 36.9. The maximum absolute atomic E-state index is 10.4. The molecule has 0 bridgehead atoms. The van der Waals surface area contributed by atoms with Gasteiger partial charge in [-0.15, -0.1) is 6.42 Å². The van der Waals surface area contributed by atoms with E-state index in [9.17, 15) is 10.2 Å². The molecule has 1 saturated heterocycles. The lowest BCUT2D eigenvalue weighted by molar-refractivity contribution is -0.0996. The molecule has 0 aromatic heterocycles. The van der Waals surface area contributed by atoms with Crippen molar-refractivity contribution in [3.05, 3.63) is 24.7 Å². The zero-order chi connectivity index (χ0) is 14.9. The maximum Gasteiger partial charge on any atom is 0.179 e. The first kappa shape index (κ1) is 14.6. The molecule has 0 radical (unpaired) electrons. The molecule has 0 amide bonds. The van der Waals surface area contributed by atoms with Crippen LogP contribution in [0.25, 0.3) is 0 Å². The zero-order valence-electron chi connectivity index (χ0n) is 11.4. The van der Waals surface area contributed by atoms with Gasteiger partial charge in [-0.2, -0.15) is 0 Å². The molecular weight excluding hydrogens is 258 g/mol. The van der Waals surface area contributed by atoms with Crippen molar-refractivity contribution in [3.8, 4) is 12.3 Å². The molecule has 2 aliphatic heterocycles. The van der Waals surface area contributed by atoms with Crippen LogP contribution in [0.2, 0.25) is 0 Å². The van der Waals surface area contributed by atoms with E-state index in [4.69, 9.17) is 16.9 Å². The van der Waals surface area contributed by atoms with Gasteiger partial charge in [0.15, 0.2) is 5.60 Å². The number of amidine groups is 1. The van der Waals surface area contributed by atoms with Crippen molar-refractivity contribution >= 4 is 5.84 Å². The maximum atomic E-state index is 10.4. The Morgan fingerprint density at radius 2 is 2.40 bits per heavy atom. The first-order chi connectivity index (χ1) is 9.49. The number of hydrogen-bond donors (Lipinski definition) is 3. The van der Waals surface area contributed by atoms with Gasteiger partial charge in [-0.3, -0.25) is 0 Å². The lowest BCUT2D eigenvalue weighted by Crippen LogP contribution is -2.43. The summed E-state index contributed by atoms with van der Waals surface area (Å²) in [6.07, 6.45) is 7.87. The van der Waals surface area contributed by atoms with Crippen LogP contribution in [-0.2, 0) is 4.74 Å². The van der Waals surface area contributed by atoms with Crippen LogP contribution in [0.1, 0.15) is 13.3 Å². The Kier molecular flexibility index (Phi) is 3.86. The molecule has 0 spiro atoms. The summed E-state index contributed by atoms with van der Waals surface area (Å²) in [5.41, 5.74) is 4.20. The predicted octanol–water partition coefficient (Wildman–Crippen LogP) is -0.248. The second-order valence-electron chi connectivity index (χ2n) is 4.89. The number of nitrogens with zero attached hydrogens (tertiary/aromatic N) is 2. The number of terminal acetylenes is 1. The third-order valence-corrected chi connectivity index (χ3v) is 3.77. The SMILES string of the molecule is C#C[C@]1(CO)O[C@@H](N2C=CC(N)=NC2=C)[C@@H](CC)[C@@H]1O. The average Bonchev–Trinajstić information content (AvgIpc) is 2.71.